The summed E-state index contributed by atoms with van der Waals surface area (Å²) >= 11 is 13.0. The monoisotopic (exact) mass is 325 g/mol. The molecule has 0 radical (unpaired) electrons. The van der Waals surface area contributed by atoms with Gasteiger partial charge >= 0.3 is 0 Å². The van der Waals surface area contributed by atoms with E-state index in [0.29, 0.717) is 32.6 Å². The second-order valence-electron chi connectivity index (χ2n) is 4.49. The molecular weight excluding hydrogens is 317 g/mol. The molecule has 1 aliphatic heterocycles. The van der Waals surface area contributed by atoms with Gasteiger partial charge in [0.05, 0.1) is 9.90 Å². The van der Waals surface area contributed by atoms with Crippen molar-refractivity contribution in [3.05, 3.63) is 49.6 Å². The molecule has 1 aromatic carbocycles. The number of aryl methyl sites for hydroxylation is 1. The molecule has 0 saturated heterocycles. The molecule has 1 aliphatic rings. The topological polar surface area (TPSA) is 46.2 Å². The quantitative estimate of drug-likeness (QED) is 0.842. The van der Waals surface area contributed by atoms with Crippen LogP contribution in [0.4, 0.5) is 5.69 Å². The molecular formula is C14H9Cl2NO2S. The molecule has 2 heterocycles. The lowest BCUT2D eigenvalue weighted by Gasteiger charge is -2.17. The molecule has 3 rings (SSSR count). The fraction of sp³-hybridized carbons (Fsp3) is 0.143. The van der Waals surface area contributed by atoms with Gasteiger partial charge in [-0.15, -0.1) is 11.3 Å². The molecule has 20 heavy (non-hydrogen) atoms. The third-order valence-corrected chi connectivity index (χ3v) is 4.65. The number of ketones is 1. The molecule has 0 fully saturated rings. The van der Waals surface area contributed by atoms with Gasteiger partial charge in [0.15, 0.2) is 5.78 Å². The summed E-state index contributed by atoms with van der Waals surface area (Å²) in [6, 6.07) is 6.83. The van der Waals surface area contributed by atoms with Crippen LogP contribution in [0, 0.1) is 0 Å². The van der Waals surface area contributed by atoms with E-state index in [0.717, 1.165) is 11.3 Å². The zero-order chi connectivity index (χ0) is 14.3. The molecule has 0 saturated carbocycles. The molecule has 2 aromatic rings. The molecule has 3 nitrogen and oxygen atoms in total. The van der Waals surface area contributed by atoms with E-state index in [1.54, 1.807) is 24.3 Å². The second-order valence-corrected chi connectivity index (χ2v) is 6.77. The first-order valence-corrected chi connectivity index (χ1v) is 7.54. The second kappa shape index (κ2) is 5.20. The molecule has 1 aromatic heterocycles. The van der Waals surface area contributed by atoms with E-state index in [9.17, 15) is 9.59 Å². The summed E-state index contributed by atoms with van der Waals surface area (Å²) in [5.74, 6) is -0.151. The molecule has 1 N–H and O–H groups in total. The van der Waals surface area contributed by atoms with Crippen molar-refractivity contribution in [3.8, 4) is 0 Å². The smallest absolute Gasteiger partial charge is 0.224 e. The van der Waals surface area contributed by atoms with E-state index in [1.165, 1.54) is 11.3 Å². The summed E-state index contributed by atoms with van der Waals surface area (Å²) in [6.45, 7) is 0. The van der Waals surface area contributed by atoms with Gasteiger partial charge < -0.3 is 5.32 Å². The minimum Gasteiger partial charge on any atom is -0.326 e. The van der Waals surface area contributed by atoms with Crippen molar-refractivity contribution >= 4 is 51.9 Å². The van der Waals surface area contributed by atoms with Crippen LogP contribution in [-0.2, 0) is 11.2 Å². The third-order valence-electron chi connectivity index (χ3n) is 3.16. The number of nitrogens with one attached hydrogen (secondary N) is 1. The first kappa shape index (κ1) is 13.6. The van der Waals surface area contributed by atoms with E-state index in [2.05, 4.69) is 5.32 Å². The molecule has 6 heteroatoms. The highest BCUT2D eigenvalue weighted by Crippen LogP contribution is 2.33. The first-order chi connectivity index (χ1) is 9.54. The van der Waals surface area contributed by atoms with Gasteiger partial charge in [-0.25, -0.2) is 0 Å². The number of fused-ring (bicyclic) bond motifs is 1. The Morgan fingerprint density at radius 2 is 2.00 bits per heavy atom. The molecule has 0 aliphatic carbocycles. The van der Waals surface area contributed by atoms with E-state index < -0.39 is 0 Å². The maximum absolute atomic E-state index is 12.4. The number of carbonyl (C=O) groups is 2. The standard InChI is InChI=1S/C14H9Cl2NO2S/c15-11-6-9(14(16)20-11)13(19)8-1-3-10-7(5-8)2-4-12(18)17-10/h1,3,5-6H,2,4H2,(H,17,18). The lowest BCUT2D eigenvalue weighted by molar-refractivity contribution is -0.116. The number of benzene rings is 1. The largest absolute Gasteiger partial charge is 0.326 e. The highest BCUT2D eigenvalue weighted by atomic mass is 35.5. The van der Waals surface area contributed by atoms with Crippen molar-refractivity contribution in [2.24, 2.45) is 0 Å². The molecule has 0 unspecified atom stereocenters. The van der Waals surface area contributed by atoms with Gasteiger partial charge in [0.2, 0.25) is 5.91 Å². The van der Waals surface area contributed by atoms with Gasteiger partial charge in [-0.2, -0.15) is 0 Å². The molecule has 0 bridgehead atoms. The fourth-order valence-electron chi connectivity index (χ4n) is 2.18. The van der Waals surface area contributed by atoms with Crippen molar-refractivity contribution in [1.82, 2.24) is 0 Å². The van der Waals surface area contributed by atoms with Crippen molar-refractivity contribution in [2.75, 3.05) is 5.32 Å². The Bertz CT molecular complexity index is 724. The number of halogens is 2. The van der Waals surface area contributed by atoms with Gasteiger partial charge in [0, 0.05) is 17.7 Å². The van der Waals surface area contributed by atoms with Crippen LogP contribution >= 0.6 is 34.5 Å². The molecule has 1 amide bonds. The summed E-state index contributed by atoms with van der Waals surface area (Å²) < 4.78 is 0.884. The predicted octanol–water partition coefficient (Wildman–Crippen LogP) is 4.17. The van der Waals surface area contributed by atoms with E-state index >= 15 is 0 Å². The van der Waals surface area contributed by atoms with Gasteiger partial charge in [-0.05, 0) is 36.2 Å². The fourth-order valence-corrected chi connectivity index (χ4v) is 3.63. The number of amides is 1. The Kier molecular flexibility index (Phi) is 3.54. The van der Waals surface area contributed by atoms with Gasteiger partial charge in [0.25, 0.3) is 0 Å². The Morgan fingerprint density at radius 3 is 2.70 bits per heavy atom. The number of anilines is 1. The van der Waals surface area contributed by atoms with Crippen LogP contribution in [0.1, 0.15) is 27.9 Å². The minimum absolute atomic E-state index is 0.00392. The van der Waals surface area contributed by atoms with Crippen LogP contribution in [0.2, 0.25) is 8.67 Å². The number of hydrogen-bond donors (Lipinski definition) is 1. The molecule has 0 spiro atoms. The SMILES string of the molecule is O=C1CCc2cc(C(=O)c3cc(Cl)sc3Cl)ccc2N1. The summed E-state index contributed by atoms with van der Waals surface area (Å²) in [5.41, 5.74) is 2.71. The zero-order valence-electron chi connectivity index (χ0n) is 10.2. The number of rotatable bonds is 2. The maximum Gasteiger partial charge on any atom is 0.224 e. The van der Waals surface area contributed by atoms with Gasteiger partial charge in [-0.3, -0.25) is 9.59 Å². The van der Waals surface area contributed by atoms with Gasteiger partial charge in [-0.1, -0.05) is 23.2 Å². The molecule has 0 atom stereocenters. The Balaban J connectivity index is 1.97. The summed E-state index contributed by atoms with van der Waals surface area (Å²) in [5, 5.41) is 2.79. The maximum atomic E-state index is 12.4. The minimum atomic E-state index is -0.155. The predicted molar refractivity (Wildman–Crippen MR) is 81.2 cm³/mol. The lowest BCUT2D eigenvalue weighted by atomic mass is 9.97. The highest BCUT2D eigenvalue weighted by molar-refractivity contribution is 7.20. The highest BCUT2D eigenvalue weighted by Gasteiger charge is 2.20. The average Bonchev–Trinajstić information content (AvgIpc) is 2.76. The van der Waals surface area contributed by atoms with Crippen molar-refractivity contribution < 1.29 is 9.59 Å². The summed E-state index contributed by atoms with van der Waals surface area (Å²) in [6.07, 6.45) is 1.08. The lowest BCUT2D eigenvalue weighted by Crippen LogP contribution is -2.19. The van der Waals surface area contributed by atoms with E-state index in [4.69, 9.17) is 23.2 Å². The zero-order valence-corrected chi connectivity index (χ0v) is 12.5. The van der Waals surface area contributed by atoms with Crippen LogP contribution in [0.3, 0.4) is 0 Å². The summed E-state index contributed by atoms with van der Waals surface area (Å²) in [4.78, 5) is 23.7. The van der Waals surface area contributed by atoms with Crippen molar-refractivity contribution in [1.29, 1.82) is 0 Å². The summed E-state index contributed by atoms with van der Waals surface area (Å²) in [7, 11) is 0. The van der Waals surface area contributed by atoms with Crippen LogP contribution in [0.5, 0.6) is 0 Å². The Hall–Kier alpha value is -1.36. The molecule has 102 valence electrons. The van der Waals surface area contributed by atoms with E-state index in [1.807, 2.05) is 0 Å². The number of thiophene rings is 1. The van der Waals surface area contributed by atoms with Crippen LogP contribution in [0.15, 0.2) is 24.3 Å². The van der Waals surface area contributed by atoms with Crippen LogP contribution in [-0.4, -0.2) is 11.7 Å². The normalized spacial score (nSPS) is 13.8. The van der Waals surface area contributed by atoms with Crippen molar-refractivity contribution in [2.45, 2.75) is 12.8 Å². The van der Waals surface area contributed by atoms with Gasteiger partial charge in [0.1, 0.15) is 4.34 Å². The average molecular weight is 326 g/mol. The number of hydrogen-bond acceptors (Lipinski definition) is 3. The van der Waals surface area contributed by atoms with Crippen molar-refractivity contribution in [3.63, 3.8) is 0 Å². The van der Waals surface area contributed by atoms with E-state index in [-0.39, 0.29) is 11.7 Å². The Morgan fingerprint density at radius 1 is 1.20 bits per heavy atom. The van der Waals surface area contributed by atoms with Crippen LogP contribution < -0.4 is 5.32 Å². The third kappa shape index (κ3) is 2.46. The number of carbonyl (C=O) groups excluding carboxylic acids is 2. The van der Waals surface area contributed by atoms with Crippen LogP contribution in [0.25, 0.3) is 0 Å². The first-order valence-electron chi connectivity index (χ1n) is 5.97. The Labute approximate surface area is 129 Å².